The number of anilines is 1. The fourth-order valence-electron chi connectivity index (χ4n) is 5.12. The lowest BCUT2D eigenvalue weighted by atomic mass is 9.95. The van der Waals surface area contributed by atoms with Gasteiger partial charge in [0.2, 0.25) is 21.8 Å². The number of methoxy groups -OCH3 is 1. The lowest BCUT2D eigenvalue weighted by Crippen LogP contribution is -2.51. The molecule has 11 heteroatoms. The standard InChI is InChI=1S/C29H39Cl2N3O5S/c1-4-25(29(36)32-22-11-6-5-7-12-22)33(20-21-16-17-23(30)24(31)19-21)28(35)15-10-18-34(40(3,37)38)26-13-8-9-14-27(26)39-2/h8-9,13-14,16-17,19,22,25H,4-7,10-12,15,18,20H2,1-3H3,(H,32,36)/t25-/m0/s1. The minimum absolute atomic E-state index is 0.0513. The van der Waals surface area contributed by atoms with Crippen molar-refractivity contribution in [2.24, 2.45) is 0 Å². The Kier molecular flexibility index (Phi) is 12.0. The average molecular weight is 613 g/mol. The fourth-order valence-corrected chi connectivity index (χ4v) is 6.41. The van der Waals surface area contributed by atoms with Gasteiger partial charge in [-0.2, -0.15) is 0 Å². The quantitative estimate of drug-likeness (QED) is 0.308. The molecule has 8 nitrogen and oxygen atoms in total. The number of rotatable bonds is 13. The molecule has 40 heavy (non-hydrogen) atoms. The molecule has 1 aliphatic rings. The largest absolute Gasteiger partial charge is 0.495 e. The molecule has 2 amide bonds. The van der Waals surface area contributed by atoms with Crippen LogP contribution in [-0.2, 0) is 26.2 Å². The van der Waals surface area contributed by atoms with Crippen molar-refractivity contribution in [3.05, 3.63) is 58.1 Å². The zero-order valence-electron chi connectivity index (χ0n) is 23.4. The average Bonchev–Trinajstić information content (AvgIpc) is 2.92. The highest BCUT2D eigenvalue weighted by atomic mass is 35.5. The van der Waals surface area contributed by atoms with Crippen LogP contribution in [0.1, 0.15) is 63.9 Å². The first-order chi connectivity index (χ1) is 19.0. The zero-order valence-corrected chi connectivity index (χ0v) is 25.7. The predicted octanol–water partition coefficient (Wildman–Crippen LogP) is 5.80. The Hall–Kier alpha value is -2.49. The van der Waals surface area contributed by atoms with Crippen LogP contribution < -0.4 is 14.4 Å². The van der Waals surface area contributed by atoms with Crippen LogP contribution in [0.2, 0.25) is 10.0 Å². The van der Waals surface area contributed by atoms with Crippen molar-refractivity contribution in [3.8, 4) is 5.75 Å². The number of para-hydroxylation sites is 2. The third-order valence-electron chi connectivity index (χ3n) is 7.18. The van der Waals surface area contributed by atoms with E-state index in [2.05, 4.69) is 5.32 Å². The minimum atomic E-state index is -3.64. The number of nitrogens with one attached hydrogen (secondary N) is 1. The van der Waals surface area contributed by atoms with Crippen LogP contribution >= 0.6 is 23.2 Å². The molecular formula is C29H39Cl2N3O5S. The van der Waals surface area contributed by atoms with Gasteiger partial charge in [0.05, 0.1) is 29.1 Å². The van der Waals surface area contributed by atoms with Crippen molar-refractivity contribution < 1.29 is 22.7 Å². The molecule has 2 aromatic carbocycles. The Bertz CT molecular complexity index is 1270. The first kappa shape index (κ1) is 32.0. The number of carbonyl (C=O) groups excluding carboxylic acids is 2. The van der Waals surface area contributed by atoms with E-state index in [1.165, 1.54) is 17.8 Å². The van der Waals surface area contributed by atoms with Gasteiger partial charge in [0.15, 0.2) is 0 Å². The van der Waals surface area contributed by atoms with Gasteiger partial charge in [0.1, 0.15) is 11.8 Å². The first-order valence-corrected chi connectivity index (χ1v) is 16.3. The van der Waals surface area contributed by atoms with Crippen LogP contribution in [0.5, 0.6) is 5.75 Å². The summed E-state index contributed by atoms with van der Waals surface area (Å²) in [6.45, 7) is 2.14. The summed E-state index contributed by atoms with van der Waals surface area (Å²) in [4.78, 5) is 28.7. The van der Waals surface area contributed by atoms with Crippen molar-refractivity contribution in [2.75, 3.05) is 24.2 Å². The van der Waals surface area contributed by atoms with Gasteiger partial charge in [-0.1, -0.05) is 67.6 Å². The van der Waals surface area contributed by atoms with Crippen LogP contribution in [0, 0.1) is 0 Å². The normalized spacial score (nSPS) is 14.8. The molecule has 0 aromatic heterocycles. The van der Waals surface area contributed by atoms with Gasteiger partial charge in [-0.25, -0.2) is 8.42 Å². The lowest BCUT2D eigenvalue weighted by molar-refractivity contribution is -0.141. The van der Waals surface area contributed by atoms with E-state index < -0.39 is 16.1 Å². The third-order valence-corrected chi connectivity index (χ3v) is 9.10. The number of carbonyl (C=O) groups is 2. The van der Waals surface area contributed by atoms with Crippen LogP contribution in [0.15, 0.2) is 42.5 Å². The van der Waals surface area contributed by atoms with E-state index in [1.54, 1.807) is 47.4 Å². The molecule has 0 radical (unpaired) electrons. The number of nitrogens with zero attached hydrogens (tertiary/aromatic N) is 2. The van der Waals surface area contributed by atoms with E-state index in [4.69, 9.17) is 27.9 Å². The Morgan fingerprint density at radius 3 is 2.40 bits per heavy atom. The van der Waals surface area contributed by atoms with Crippen LogP contribution in [0.25, 0.3) is 0 Å². The zero-order chi connectivity index (χ0) is 29.3. The van der Waals surface area contributed by atoms with Gasteiger partial charge in [-0.05, 0) is 55.5 Å². The smallest absolute Gasteiger partial charge is 0.243 e. The summed E-state index contributed by atoms with van der Waals surface area (Å²) in [5, 5.41) is 3.93. The fraction of sp³-hybridized carbons (Fsp3) is 0.517. The van der Waals surface area contributed by atoms with E-state index in [0.717, 1.165) is 37.5 Å². The lowest BCUT2D eigenvalue weighted by Gasteiger charge is -2.33. The Morgan fingerprint density at radius 2 is 1.77 bits per heavy atom. The van der Waals surface area contributed by atoms with Crippen molar-refractivity contribution in [1.82, 2.24) is 10.2 Å². The Labute approximate surface area is 248 Å². The maximum absolute atomic E-state index is 13.7. The maximum atomic E-state index is 13.7. The second-order valence-electron chi connectivity index (χ2n) is 10.1. The highest BCUT2D eigenvalue weighted by Crippen LogP contribution is 2.30. The molecule has 0 saturated heterocycles. The van der Waals surface area contributed by atoms with E-state index in [-0.39, 0.29) is 43.8 Å². The summed E-state index contributed by atoms with van der Waals surface area (Å²) < 4.78 is 31.9. The number of amides is 2. The summed E-state index contributed by atoms with van der Waals surface area (Å²) >= 11 is 12.3. The van der Waals surface area contributed by atoms with Crippen molar-refractivity contribution in [2.45, 2.75) is 76.9 Å². The molecule has 1 atom stereocenters. The number of ether oxygens (including phenoxy) is 1. The minimum Gasteiger partial charge on any atom is -0.495 e. The molecule has 1 N–H and O–H groups in total. The molecule has 0 unspecified atom stereocenters. The predicted molar refractivity (Wildman–Crippen MR) is 161 cm³/mol. The second kappa shape index (κ2) is 14.9. The molecule has 0 bridgehead atoms. The van der Waals surface area contributed by atoms with Gasteiger partial charge in [0, 0.05) is 25.6 Å². The highest BCUT2D eigenvalue weighted by molar-refractivity contribution is 7.92. The van der Waals surface area contributed by atoms with Gasteiger partial charge in [-0.15, -0.1) is 0 Å². The molecular weight excluding hydrogens is 573 g/mol. The molecule has 0 heterocycles. The number of sulfonamides is 1. The summed E-state index contributed by atoms with van der Waals surface area (Å²) in [5.74, 6) is 0.00529. The van der Waals surface area contributed by atoms with E-state index in [0.29, 0.717) is 27.9 Å². The third kappa shape index (κ3) is 8.75. The van der Waals surface area contributed by atoms with E-state index in [9.17, 15) is 18.0 Å². The highest BCUT2D eigenvalue weighted by Gasteiger charge is 2.31. The number of benzene rings is 2. The summed E-state index contributed by atoms with van der Waals surface area (Å²) in [6.07, 6.45) is 7.07. The maximum Gasteiger partial charge on any atom is 0.243 e. The monoisotopic (exact) mass is 611 g/mol. The molecule has 1 fully saturated rings. The van der Waals surface area contributed by atoms with Crippen LogP contribution in [0.4, 0.5) is 5.69 Å². The van der Waals surface area contributed by atoms with Crippen molar-refractivity contribution in [1.29, 1.82) is 0 Å². The number of halogens is 2. The summed E-state index contributed by atoms with van der Waals surface area (Å²) in [5.41, 5.74) is 1.16. The summed E-state index contributed by atoms with van der Waals surface area (Å²) in [6, 6.07) is 11.4. The SMILES string of the molecule is CC[C@@H](C(=O)NC1CCCCC1)N(Cc1ccc(Cl)c(Cl)c1)C(=O)CCCN(c1ccccc1OC)S(C)(=O)=O. The second-order valence-corrected chi connectivity index (χ2v) is 12.9. The number of hydrogen-bond donors (Lipinski definition) is 1. The van der Waals surface area contributed by atoms with E-state index in [1.807, 2.05) is 6.92 Å². The topological polar surface area (TPSA) is 96.0 Å². The Balaban J connectivity index is 1.79. The van der Waals surface area contributed by atoms with Gasteiger partial charge >= 0.3 is 0 Å². The first-order valence-electron chi connectivity index (χ1n) is 13.7. The van der Waals surface area contributed by atoms with Gasteiger partial charge < -0.3 is 15.0 Å². The Morgan fingerprint density at radius 1 is 1.07 bits per heavy atom. The van der Waals surface area contributed by atoms with Crippen molar-refractivity contribution >= 4 is 50.7 Å². The van der Waals surface area contributed by atoms with Gasteiger partial charge in [-0.3, -0.25) is 13.9 Å². The van der Waals surface area contributed by atoms with Crippen LogP contribution in [0.3, 0.4) is 0 Å². The molecule has 1 aliphatic carbocycles. The summed E-state index contributed by atoms with van der Waals surface area (Å²) in [7, 11) is -2.16. The number of hydrogen-bond acceptors (Lipinski definition) is 5. The molecule has 220 valence electrons. The molecule has 1 saturated carbocycles. The molecule has 3 rings (SSSR count). The van der Waals surface area contributed by atoms with Crippen molar-refractivity contribution in [3.63, 3.8) is 0 Å². The van der Waals surface area contributed by atoms with E-state index >= 15 is 0 Å². The molecule has 0 spiro atoms. The molecule has 2 aromatic rings. The molecule has 0 aliphatic heterocycles. The van der Waals surface area contributed by atoms with Crippen LogP contribution in [-0.4, -0.2) is 57.1 Å². The van der Waals surface area contributed by atoms with Gasteiger partial charge in [0.25, 0.3) is 0 Å².